The van der Waals surface area contributed by atoms with Crippen LogP contribution in [-0.2, 0) is 17.9 Å². The maximum absolute atomic E-state index is 11.1. The van der Waals surface area contributed by atoms with Gasteiger partial charge in [-0.25, -0.2) is 9.97 Å². The van der Waals surface area contributed by atoms with E-state index in [0.717, 1.165) is 43.1 Å². The van der Waals surface area contributed by atoms with Crippen molar-refractivity contribution in [3.63, 3.8) is 0 Å². The van der Waals surface area contributed by atoms with E-state index >= 15 is 0 Å². The van der Waals surface area contributed by atoms with E-state index in [9.17, 15) is 4.79 Å². The number of aromatic nitrogens is 3. The van der Waals surface area contributed by atoms with Crippen molar-refractivity contribution in [1.29, 1.82) is 0 Å². The highest BCUT2D eigenvalue weighted by atomic mass is 35.5. The number of hydrogen-bond acceptors (Lipinski definition) is 5. The molecule has 0 saturated carbocycles. The standard InChI is InChI=1S/C17H20ClN5O/c1-12(24)20-10-14-6-7-19-17(22-14)16-3-2-8-23(16)11-15-5-4-13(18)9-21-15/h4-7,9,16H,2-3,8,10-11H2,1H3,(H,20,24). The first kappa shape index (κ1) is 16.8. The average Bonchev–Trinajstić information content (AvgIpc) is 3.03. The van der Waals surface area contributed by atoms with Gasteiger partial charge in [0.25, 0.3) is 0 Å². The zero-order valence-corrected chi connectivity index (χ0v) is 14.3. The van der Waals surface area contributed by atoms with Crippen LogP contribution in [0.3, 0.4) is 0 Å². The number of amides is 1. The molecule has 126 valence electrons. The number of nitrogens with one attached hydrogen (secondary N) is 1. The predicted octanol–water partition coefficient (Wildman–Crippen LogP) is 2.50. The summed E-state index contributed by atoms with van der Waals surface area (Å²) < 4.78 is 0. The largest absolute Gasteiger partial charge is 0.351 e. The van der Waals surface area contributed by atoms with Crippen molar-refractivity contribution in [2.24, 2.45) is 0 Å². The second-order valence-electron chi connectivity index (χ2n) is 5.91. The van der Waals surface area contributed by atoms with E-state index in [2.05, 4.69) is 25.2 Å². The van der Waals surface area contributed by atoms with Crippen molar-refractivity contribution in [3.05, 3.63) is 52.8 Å². The van der Waals surface area contributed by atoms with Gasteiger partial charge in [-0.05, 0) is 37.6 Å². The molecule has 1 saturated heterocycles. The van der Waals surface area contributed by atoms with Gasteiger partial charge in [0.15, 0.2) is 0 Å². The van der Waals surface area contributed by atoms with Crippen LogP contribution in [0.5, 0.6) is 0 Å². The Bertz CT molecular complexity index is 706. The molecule has 2 aromatic rings. The fraction of sp³-hybridized carbons (Fsp3) is 0.412. The van der Waals surface area contributed by atoms with Crippen LogP contribution in [0.15, 0.2) is 30.6 Å². The van der Waals surface area contributed by atoms with Crippen LogP contribution in [0.1, 0.15) is 43.0 Å². The molecule has 7 heteroatoms. The summed E-state index contributed by atoms with van der Waals surface area (Å²) in [5.41, 5.74) is 1.81. The van der Waals surface area contributed by atoms with Crippen molar-refractivity contribution in [2.45, 2.75) is 38.9 Å². The first-order valence-electron chi connectivity index (χ1n) is 8.02. The number of carbonyl (C=O) groups is 1. The Kier molecular flexibility index (Phi) is 5.37. The third-order valence-corrected chi connectivity index (χ3v) is 4.29. The van der Waals surface area contributed by atoms with Crippen molar-refractivity contribution in [1.82, 2.24) is 25.2 Å². The molecule has 0 aliphatic carbocycles. The van der Waals surface area contributed by atoms with E-state index in [1.54, 1.807) is 12.4 Å². The van der Waals surface area contributed by atoms with Crippen LogP contribution in [0, 0.1) is 0 Å². The predicted molar refractivity (Wildman–Crippen MR) is 91.2 cm³/mol. The number of halogens is 1. The van der Waals surface area contributed by atoms with Crippen LogP contribution in [0.4, 0.5) is 0 Å². The smallest absolute Gasteiger partial charge is 0.217 e. The van der Waals surface area contributed by atoms with Gasteiger partial charge in [-0.2, -0.15) is 0 Å². The minimum Gasteiger partial charge on any atom is -0.351 e. The number of pyridine rings is 1. The van der Waals surface area contributed by atoms with Gasteiger partial charge in [0.2, 0.25) is 5.91 Å². The lowest BCUT2D eigenvalue weighted by atomic mass is 10.2. The Balaban J connectivity index is 1.71. The Hall–Kier alpha value is -2.05. The van der Waals surface area contributed by atoms with Crippen molar-refractivity contribution in [2.75, 3.05) is 6.54 Å². The van der Waals surface area contributed by atoms with Gasteiger partial charge in [0, 0.05) is 25.9 Å². The van der Waals surface area contributed by atoms with Crippen LogP contribution >= 0.6 is 11.6 Å². The lowest BCUT2D eigenvalue weighted by Gasteiger charge is -2.23. The fourth-order valence-electron chi connectivity index (χ4n) is 2.90. The zero-order valence-electron chi connectivity index (χ0n) is 13.6. The average molecular weight is 346 g/mol. The molecular weight excluding hydrogens is 326 g/mol. The molecule has 2 aromatic heterocycles. The van der Waals surface area contributed by atoms with E-state index in [-0.39, 0.29) is 11.9 Å². The zero-order chi connectivity index (χ0) is 16.9. The molecule has 6 nitrogen and oxygen atoms in total. The Morgan fingerprint density at radius 2 is 2.21 bits per heavy atom. The molecule has 1 unspecified atom stereocenters. The van der Waals surface area contributed by atoms with Crippen molar-refractivity contribution in [3.8, 4) is 0 Å². The monoisotopic (exact) mass is 345 g/mol. The number of hydrogen-bond donors (Lipinski definition) is 1. The van der Waals surface area contributed by atoms with Gasteiger partial charge in [-0.3, -0.25) is 14.7 Å². The molecule has 24 heavy (non-hydrogen) atoms. The van der Waals surface area contributed by atoms with Crippen LogP contribution in [0.2, 0.25) is 5.02 Å². The molecule has 0 aromatic carbocycles. The Morgan fingerprint density at radius 3 is 2.96 bits per heavy atom. The Labute approximate surface area is 146 Å². The molecular formula is C17H20ClN5O. The molecule has 1 fully saturated rings. The van der Waals surface area contributed by atoms with Crippen LogP contribution < -0.4 is 5.32 Å². The highest BCUT2D eigenvalue weighted by molar-refractivity contribution is 6.30. The van der Waals surface area contributed by atoms with Gasteiger partial charge in [0.05, 0.1) is 29.0 Å². The minimum absolute atomic E-state index is 0.0635. The van der Waals surface area contributed by atoms with Gasteiger partial charge in [0.1, 0.15) is 5.82 Å². The van der Waals surface area contributed by atoms with Crippen molar-refractivity contribution < 1.29 is 4.79 Å². The molecule has 1 N–H and O–H groups in total. The normalized spacial score (nSPS) is 17.8. The van der Waals surface area contributed by atoms with Crippen LogP contribution in [-0.4, -0.2) is 32.3 Å². The molecule has 1 amide bonds. The maximum atomic E-state index is 11.1. The molecule has 1 atom stereocenters. The van der Waals surface area contributed by atoms with E-state index in [4.69, 9.17) is 11.6 Å². The first-order chi connectivity index (χ1) is 11.6. The molecule has 3 rings (SSSR count). The number of likely N-dealkylation sites (tertiary alicyclic amines) is 1. The van der Waals surface area contributed by atoms with Gasteiger partial charge in [-0.15, -0.1) is 0 Å². The molecule has 0 spiro atoms. The highest BCUT2D eigenvalue weighted by Crippen LogP contribution is 2.31. The number of rotatable bonds is 5. The second-order valence-corrected chi connectivity index (χ2v) is 6.35. The third kappa shape index (κ3) is 4.27. The second kappa shape index (κ2) is 7.68. The summed E-state index contributed by atoms with van der Waals surface area (Å²) in [6.07, 6.45) is 5.57. The summed E-state index contributed by atoms with van der Waals surface area (Å²) in [5, 5.41) is 3.41. The quantitative estimate of drug-likeness (QED) is 0.901. The van der Waals surface area contributed by atoms with Gasteiger partial charge in [-0.1, -0.05) is 11.6 Å². The number of carbonyl (C=O) groups excluding carboxylic acids is 1. The summed E-state index contributed by atoms with van der Waals surface area (Å²) in [5.74, 6) is 0.746. The minimum atomic E-state index is -0.0635. The summed E-state index contributed by atoms with van der Waals surface area (Å²) in [4.78, 5) is 26.8. The summed E-state index contributed by atoms with van der Waals surface area (Å²) in [6, 6.07) is 5.82. The molecule has 1 aliphatic rings. The van der Waals surface area contributed by atoms with E-state index in [1.807, 2.05) is 18.2 Å². The molecule has 0 bridgehead atoms. The molecule has 1 aliphatic heterocycles. The topological polar surface area (TPSA) is 71.0 Å². The van der Waals surface area contributed by atoms with Crippen LogP contribution in [0.25, 0.3) is 0 Å². The van der Waals surface area contributed by atoms with E-state index < -0.39 is 0 Å². The molecule has 0 radical (unpaired) electrons. The summed E-state index contributed by atoms with van der Waals surface area (Å²) in [7, 11) is 0. The van der Waals surface area contributed by atoms with Crippen molar-refractivity contribution >= 4 is 17.5 Å². The Morgan fingerprint density at radius 1 is 1.33 bits per heavy atom. The van der Waals surface area contributed by atoms with Gasteiger partial charge >= 0.3 is 0 Å². The van der Waals surface area contributed by atoms with E-state index in [1.165, 1.54) is 6.92 Å². The first-order valence-corrected chi connectivity index (χ1v) is 8.40. The maximum Gasteiger partial charge on any atom is 0.217 e. The summed E-state index contributed by atoms with van der Waals surface area (Å²) >= 11 is 5.90. The lowest BCUT2D eigenvalue weighted by molar-refractivity contribution is -0.119. The summed E-state index contributed by atoms with van der Waals surface area (Å²) in [6.45, 7) is 3.67. The lowest BCUT2D eigenvalue weighted by Crippen LogP contribution is -2.25. The van der Waals surface area contributed by atoms with Gasteiger partial charge < -0.3 is 5.32 Å². The third-order valence-electron chi connectivity index (χ3n) is 4.07. The SMILES string of the molecule is CC(=O)NCc1ccnc(C2CCCN2Cc2ccc(Cl)cn2)n1. The fourth-order valence-corrected chi connectivity index (χ4v) is 3.01. The molecule has 3 heterocycles. The van der Waals surface area contributed by atoms with E-state index in [0.29, 0.717) is 11.6 Å². The number of nitrogens with zero attached hydrogens (tertiary/aromatic N) is 4. The highest BCUT2D eigenvalue weighted by Gasteiger charge is 2.28.